The van der Waals surface area contributed by atoms with Gasteiger partial charge in [-0.25, -0.2) is 9.37 Å². The van der Waals surface area contributed by atoms with Gasteiger partial charge in [0.15, 0.2) is 0 Å². The van der Waals surface area contributed by atoms with Gasteiger partial charge in [0.05, 0.1) is 16.6 Å². The number of piperidine rings is 1. The second-order valence-corrected chi connectivity index (χ2v) is 13.1. The second-order valence-electron chi connectivity index (χ2n) is 13.1. The molecule has 0 atom stereocenters. The molecule has 1 saturated carbocycles. The number of likely N-dealkylation sites (tertiary alicyclic amines) is 1. The monoisotopic (exact) mass is 563 g/mol. The van der Waals surface area contributed by atoms with Crippen molar-refractivity contribution in [3.05, 3.63) is 59.4 Å². The van der Waals surface area contributed by atoms with E-state index in [9.17, 15) is 14.3 Å². The summed E-state index contributed by atoms with van der Waals surface area (Å²) in [6.07, 6.45) is 6.13. The molecule has 2 aromatic carbocycles. The Morgan fingerprint density at radius 1 is 1.07 bits per heavy atom. The van der Waals surface area contributed by atoms with Crippen LogP contribution in [0.15, 0.2) is 42.5 Å². The zero-order valence-electron chi connectivity index (χ0n) is 25.0. The summed E-state index contributed by atoms with van der Waals surface area (Å²) in [4.78, 5) is 20.5. The van der Waals surface area contributed by atoms with Crippen LogP contribution in [-0.4, -0.2) is 56.7 Å². The smallest absolute Gasteiger partial charge is 0.258 e. The summed E-state index contributed by atoms with van der Waals surface area (Å²) in [5, 5.41) is 17.2. The number of hydrogen-bond acceptors (Lipinski definition) is 5. The molecule has 3 aromatic rings. The molecule has 5 rings (SSSR count). The molecule has 8 heteroatoms. The minimum absolute atomic E-state index is 0.220. The average Bonchev–Trinajstić information content (AvgIpc) is 3.29. The topological polar surface area (TPSA) is 82.4 Å². The third-order valence-corrected chi connectivity index (χ3v) is 8.94. The van der Waals surface area contributed by atoms with E-state index in [-0.39, 0.29) is 17.5 Å². The van der Waals surface area contributed by atoms with Crippen LogP contribution in [0.1, 0.15) is 88.2 Å². The molecular formula is C33H46FN5O2. The zero-order valence-corrected chi connectivity index (χ0v) is 25.0. The molecule has 2 aliphatic rings. The maximum Gasteiger partial charge on any atom is 0.258 e. The first-order chi connectivity index (χ1) is 19.6. The van der Waals surface area contributed by atoms with E-state index in [0.29, 0.717) is 23.8 Å². The van der Waals surface area contributed by atoms with Crippen LogP contribution < -0.4 is 10.6 Å². The lowest BCUT2D eigenvalue weighted by Gasteiger charge is -2.37. The molecule has 2 heterocycles. The first kappa shape index (κ1) is 29.7. The van der Waals surface area contributed by atoms with Gasteiger partial charge in [0, 0.05) is 24.2 Å². The molecule has 0 bridgehead atoms. The van der Waals surface area contributed by atoms with Gasteiger partial charge in [0.1, 0.15) is 5.82 Å². The van der Waals surface area contributed by atoms with Crippen LogP contribution in [0.3, 0.4) is 0 Å². The number of benzene rings is 2. The summed E-state index contributed by atoms with van der Waals surface area (Å²) in [7, 11) is 0. The molecule has 3 N–H and O–H groups in total. The molecule has 2 fully saturated rings. The number of aliphatic hydroxyl groups is 1. The normalized spacial score (nSPS) is 21.0. The fourth-order valence-electron chi connectivity index (χ4n) is 6.49. The van der Waals surface area contributed by atoms with E-state index < -0.39 is 11.4 Å². The van der Waals surface area contributed by atoms with Gasteiger partial charge in [0.25, 0.3) is 5.91 Å². The predicted molar refractivity (Wildman–Crippen MR) is 163 cm³/mol. The molecule has 222 valence electrons. The minimum Gasteiger partial charge on any atom is -0.390 e. The largest absolute Gasteiger partial charge is 0.390 e. The lowest BCUT2D eigenvalue weighted by molar-refractivity contribution is -0.0136. The Morgan fingerprint density at radius 2 is 1.80 bits per heavy atom. The maximum absolute atomic E-state index is 13.8. The fourth-order valence-corrected chi connectivity index (χ4v) is 6.49. The van der Waals surface area contributed by atoms with Gasteiger partial charge in [0.2, 0.25) is 5.95 Å². The Hall–Kier alpha value is -2.81. The van der Waals surface area contributed by atoms with Gasteiger partial charge >= 0.3 is 0 Å². The van der Waals surface area contributed by atoms with E-state index in [0.717, 1.165) is 75.7 Å². The van der Waals surface area contributed by atoms with E-state index in [1.165, 1.54) is 17.7 Å². The Balaban J connectivity index is 1.38. The molecule has 0 radical (unpaired) electrons. The highest BCUT2D eigenvalue weighted by Crippen LogP contribution is 2.36. The van der Waals surface area contributed by atoms with Crippen LogP contribution in [0.4, 0.5) is 10.3 Å². The summed E-state index contributed by atoms with van der Waals surface area (Å²) < 4.78 is 16.1. The first-order valence-corrected chi connectivity index (χ1v) is 15.3. The summed E-state index contributed by atoms with van der Waals surface area (Å²) >= 11 is 0. The maximum atomic E-state index is 13.8. The van der Waals surface area contributed by atoms with Gasteiger partial charge in [-0.05, 0) is 120 Å². The van der Waals surface area contributed by atoms with Crippen molar-refractivity contribution in [2.45, 2.75) is 90.4 Å². The molecule has 7 nitrogen and oxygen atoms in total. The number of imidazole rings is 1. The number of rotatable bonds is 9. The highest BCUT2D eigenvalue weighted by molar-refractivity contribution is 6.04. The van der Waals surface area contributed by atoms with Crippen molar-refractivity contribution in [1.82, 2.24) is 19.8 Å². The van der Waals surface area contributed by atoms with E-state index in [2.05, 4.69) is 52.1 Å². The Morgan fingerprint density at radius 3 is 2.46 bits per heavy atom. The summed E-state index contributed by atoms with van der Waals surface area (Å²) in [5.74, 6) is 0.681. The summed E-state index contributed by atoms with van der Waals surface area (Å²) in [6, 6.07) is 12.9. The van der Waals surface area contributed by atoms with Crippen molar-refractivity contribution in [1.29, 1.82) is 0 Å². The number of nitrogens with zero attached hydrogens (tertiary/aromatic N) is 3. The second kappa shape index (κ2) is 12.6. The number of aromatic nitrogens is 2. The SMILES string of the molecule is CC(C)CNC1CCC(n2c(NC(=O)c3cccc(F)c3)nc3ccc(CN4CCC(C(C)(C)O)CC4)cc32)CC1. The number of amides is 1. The van der Waals surface area contributed by atoms with Crippen LogP contribution in [0.5, 0.6) is 0 Å². The van der Waals surface area contributed by atoms with Gasteiger partial charge in [-0.2, -0.15) is 0 Å². The van der Waals surface area contributed by atoms with Crippen molar-refractivity contribution in [3.63, 3.8) is 0 Å². The number of fused-ring (bicyclic) bond motifs is 1. The van der Waals surface area contributed by atoms with Gasteiger partial charge in [-0.15, -0.1) is 0 Å². The van der Waals surface area contributed by atoms with E-state index in [1.807, 2.05) is 13.8 Å². The third kappa shape index (κ3) is 7.34. The molecule has 0 spiro atoms. The molecule has 1 saturated heterocycles. The average molecular weight is 564 g/mol. The van der Waals surface area contributed by atoms with Crippen molar-refractivity contribution < 1.29 is 14.3 Å². The predicted octanol–water partition coefficient (Wildman–Crippen LogP) is 6.14. The van der Waals surface area contributed by atoms with E-state index in [4.69, 9.17) is 4.98 Å². The highest BCUT2D eigenvalue weighted by atomic mass is 19.1. The number of hydrogen-bond donors (Lipinski definition) is 3. The Bertz CT molecular complexity index is 1330. The number of halogens is 1. The minimum atomic E-state index is -0.632. The lowest BCUT2D eigenvalue weighted by atomic mass is 9.83. The van der Waals surface area contributed by atoms with Gasteiger partial charge < -0.3 is 15.0 Å². The quantitative estimate of drug-likeness (QED) is 0.291. The molecule has 41 heavy (non-hydrogen) atoms. The highest BCUT2D eigenvalue weighted by Gasteiger charge is 2.31. The third-order valence-electron chi connectivity index (χ3n) is 8.94. The standard InChI is InChI=1S/C33H46FN5O2/c1-22(2)20-35-27-9-11-28(12-10-27)39-30-18-23(21-38-16-14-25(15-17-38)33(3,4)41)8-13-29(30)36-32(39)37-31(40)24-6-5-7-26(34)19-24/h5-8,13,18-19,22,25,27-28,35,41H,9-12,14-17,20-21H2,1-4H3,(H,36,37,40). The van der Waals surface area contributed by atoms with Crippen molar-refractivity contribution >= 4 is 22.9 Å². The molecule has 1 amide bonds. The van der Waals surface area contributed by atoms with Crippen molar-refractivity contribution in [2.24, 2.45) is 11.8 Å². The van der Waals surface area contributed by atoms with E-state index in [1.54, 1.807) is 12.1 Å². The van der Waals surface area contributed by atoms with Crippen molar-refractivity contribution in [3.8, 4) is 0 Å². The molecular weight excluding hydrogens is 517 g/mol. The number of anilines is 1. The van der Waals surface area contributed by atoms with E-state index >= 15 is 0 Å². The van der Waals surface area contributed by atoms with Crippen molar-refractivity contribution in [2.75, 3.05) is 25.0 Å². The Kier molecular flexibility index (Phi) is 9.12. The number of carbonyl (C=O) groups excluding carboxylic acids is 1. The van der Waals surface area contributed by atoms with Crippen LogP contribution >= 0.6 is 0 Å². The summed E-state index contributed by atoms with van der Waals surface area (Å²) in [5.41, 5.74) is 2.75. The van der Waals surface area contributed by atoms with Crippen LogP contribution in [0.25, 0.3) is 11.0 Å². The number of nitrogens with one attached hydrogen (secondary N) is 2. The van der Waals surface area contributed by atoms with Gasteiger partial charge in [-0.1, -0.05) is 26.0 Å². The van der Waals surface area contributed by atoms with Crippen LogP contribution in [0, 0.1) is 17.7 Å². The first-order valence-electron chi connectivity index (χ1n) is 15.3. The summed E-state index contributed by atoms with van der Waals surface area (Å²) in [6.45, 7) is 12.1. The zero-order chi connectivity index (χ0) is 29.1. The van der Waals surface area contributed by atoms with Crippen LogP contribution in [-0.2, 0) is 6.54 Å². The van der Waals surface area contributed by atoms with Crippen LogP contribution in [0.2, 0.25) is 0 Å². The molecule has 1 aliphatic carbocycles. The molecule has 1 aliphatic heterocycles. The van der Waals surface area contributed by atoms with Gasteiger partial charge in [-0.3, -0.25) is 15.0 Å². The Labute approximate surface area is 243 Å². The number of carbonyl (C=O) groups is 1. The lowest BCUT2D eigenvalue weighted by Crippen LogP contribution is -2.41. The molecule has 1 aromatic heterocycles. The molecule has 0 unspecified atom stereocenters. The fraction of sp³-hybridized carbons (Fsp3) is 0.576.